The average molecular weight is 311 g/mol. The lowest BCUT2D eigenvalue weighted by Crippen LogP contribution is -2.03. The molecule has 0 spiro atoms. The van der Waals surface area contributed by atoms with Crippen molar-refractivity contribution < 1.29 is 0 Å². The van der Waals surface area contributed by atoms with E-state index in [1.165, 1.54) is 5.56 Å². The number of pyridine rings is 1. The van der Waals surface area contributed by atoms with E-state index in [0.717, 1.165) is 27.9 Å². The Morgan fingerprint density at radius 1 is 0.708 bits per heavy atom. The molecule has 116 valence electrons. The van der Waals surface area contributed by atoms with Crippen LogP contribution >= 0.6 is 0 Å². The number of aromatic amines is 1. The van der Waals surface area contributed by atoms with E-state index in [-0.39, 0.29) is 5.43 Å². The quantitative estimate of drug-likeness (QED) is 0.544. The van der Waals surface area contributed by atoms with Crippen molar-refractivity contribution in [2.24, 2.45) is 0 Å². The maximum Gasteiger partial charge on any atom is 0.190 e. The molecule has 0 aliphatic carbocycles. The fraction of sp³-hybridized carbons (Fsp3) is 0.0455. The zero-order chi connectivity index (χ0) is 16.5. The number of rotatable bonds is 2. The van der Waals surface area contributed by atoms with Gasteiger partial charge in [-0.1, -0.05) is 66.2 Å². The minimum absolute atomic E-state index is 0.0385. The van der Waals surface area contributed by atoms with Crippen molar-refractivity contribution in [2.75, 3.05) is 0 Å². The SMILES string of the molecule is Cc1ccc(-c2ccc3[nH]c(-c4ccccc4)cc(=O)c3c2)cc1. The molecule has 4 aromatic rings. The van der Waals surface area contributed by atoms with Crippen molar-refractivity contribution in [1.29, 1.82) is 0 Å². The summed E-state index contributed by atoms with van der Waals surface area (Å²) in [5.74, 6) is 0. The first-order valence-electron chi connectivity index (χ1n) is 8.00. The van der Waals surface area contributed by atoms with Gasteiger partial charge in [-0.25, -0.2) is 0 Å². The van der Waals surface area contributed by atoms with Crippen LogP contribution in [0.5, 0.6) is 0 Å². The predicted octanol–water partition coefficient (Wildman–Crippen LogP) is 5.17. The molecule has 0 aliphatic heterocycles. The van der Waals surface area contributed by atoms with Crippen molar-refractivity contribution in [3.63, 3.8) is 0 Å². The van der Waals surface area contributed by atoms with Crippen LogP contribution in [0.15, 0.2) is 83.7 Å². The molecule has 0 saturated heterocycles. The smallest absolute Gasteiger partial charge is 0.190 e. The second-order valence-electron chi connectivity index (χ2n) is 6.04. The first kappa shape index (κ1) is 14.5. The highest BCUT2D eigenvalue weighted by atomic mass is 16.1. The van der Waals surface area contributed by atoms with Crippen LogP contribution < -0.4 is 5.43 Å². The van der Waals surface area contributed by atoms with Crippen LogP contribution in [0.3, 0.4) is 0 Å². The van der Waals surface area contributed by atoms with Crippen LogP contribution in [0.4, 0.5) is 0 Å². The van der Waals surface area contributed by atoms with Crippen molar-refractivity contribution >= 4 is 10.9 Å². The molecule has 4 rings (SSSR count). The van der Waals surface area contributed by atoms with Crippen LogP contribution in [-0.2, 0) is 0 Å². The molecule has 0 aliphatic rings. The van der Waals surface area contributed by atoms with Gasteiger partial charge in [-0.15, -0.1) is 0 Å². The van der Waals surface area contributed by atoms with E-state index in [1.807, 2.05) is 42.5 Å². The summed E-state index contributed by atoms with van der Waals surface area (Å²) < 4.78 is 0. The standard InChI is InChI=1S/C22H17NO/c1-15-7-9-16(10-8-15)18-11-12-20-19(13-18)22(24)14-21(23-20)17-5-3-2-4-6-17/h2-14H,1H3,(H,23,24). The van der Waals surface area contributed by atoms with Crippen LogP contribution in [-0.4, -0.2) is 4.98 Å². The van der Waals surface area contributed by atoms with Crippen LogP contribution in [0.25, 0.3) is 33.3 Å². The van der Waals surface area contributed by atoms with E-state index in [4.69, 9.17) is 0 Å². The van der Waals surface area contributed by atoms with Gasteiger partial charge in [0, 0.05) is 22.7 Å². The minimum Gasteiger partial charge on any atom is -0.354 e. The average Bonchev–Trinajstić information content (AvgIpc) is 2.63. The Morgan fingerprint density at radius 3 is 2.17 bits per heavy atom. The van der Waals surface area contributed by atoms with Gasteiger partial charge in [0.1, 0.15) is 0 Å². The van der Waals surface area contributed by atoms with Gasteiger partial charge in [0.15, 0.2) is 5.43 Å². The van der Waals surface area contributed by atoms with Crippen molar-refractivity contribution in [1.82, 2.24) is 4.98 Å². The lowest BCUT2D eigenvalue weighted by molar-refractivity contribution is 1.38. The molecule has 0 bridgehead atoms. The molecule has 0 unspecified atom stereocenters. The number of fused-ring (bicyclic) bond motifs is 1. The van der Waals surface area contributed by atoms with E-state index >= 15 is 0 Å². The molecule has 0 atom stereocenters. The molecule has 1 heterocycles. The summed E-state index contributed by atoms with van der Waals surface area (Å²) in [4.78, 5) is 16.0. The van der Waals surface area contributed by atoms with Gasteiger partial charge in [-0.2, -0.15) is 0 Å². The first-order valence-corrected chi connectivity index (χ1v) is 8.00. The zero-order valence-corrected chi connectivity index (χ0v) is 13.4. The summed E-state index contributed by atoms with van der Waals surface area (Å²) in [6, 6.07) is 25.9. The lowest BCUT2D eigenvalue weighted by Gasteiger charge is -2.07. The summed E-state index contributed by atoms with van der Waals surface area (Å²) in [6.45, 7) is 2.07. The molecule has 0 amide bonds. The molecule has 0 saturated carbocycles. The van der Waals surface area contributed by atoms with Gasteiger partial charge in [-0.05, 0) is 35.7 Å². The zero-order valence-electron chi connectivity index (χ0n) is 13.4. The van der Waals surface area contributed by atoms with Crippen molar-refractivity contribution in [3.8, 4) is 22.4 Å². The molecule has 2 heteroatoms. The first-order chi connectivity index (χ1) is 11.7. The van der Waals surface area contributed by atoms with Crippen molar-refractivity contribution in [2.45, 2.75) is 6.92 Å². The third-order valence-electron chi connectivity index (χ3n) is 4.30. The Kier molecular flexibility index (Phi) is 3.51. The summed E-state index contributed by atoms with van der Waals surface area (Å²) in [5, 5.41) is 0.716. The molecular formula is C22H17NO. The van der Waals surface area contributed by atoms with Crippen LogP contribution in [0.1, 0.15) is 5.56 Å². The number of hydrogen-bond donors (Lipinski definition) is 1. The fourth-order valence-electron chi connectivity index (χ4n) is 2.95. The number of aryl methyl sites for hydroxylation is 1. The predicted molar refractivity (Wildman–Crippen MR) is 100 cm³/mol. The molecule has 1 N–H and O–H groups in total. The lowest BCUT2D eigenvalue weighted by atomic mass is 10.0. The summed E-state index contributed by atoms with van der Waals surface area (Å²) >= 11 is 0. The van der Waals surface area contributed by atoms with Gasteiger partial charge in [-0.3, -0.25) is 4.79 Å². The van der Waals surface area contributed by atoms with Gasteiger partial charge < -0.3 is 4.98 Å². The van der Waals surface area contributed by atoms with Crippen molar-refractivity contribution in [3.05, 3.63) is 94.6 Å². The Hall–Kier alpha value is -3.13. The van der Waals surface area contributed by atoms with Crippen LogP contribution in [0, 0.1) is 6.92 Å². The van der Waals surface area contributed by atoms with E-state index in [2.05, 4.69) is 42.2 Å². The molecule has 1 aromatic heterocycles. The molecule has 2 nitrogen and oxygen atoms in total. The Bertz CT molecular complexity index is 1060. The Morgan fingerprint density at radius 2 is 1.42 bits per heavy atom. The largest absolute Gasteiger partial charge is 0.354 e. The van der Waals surface area contributed by atoms with E-state index in [1.54, 1.807) is 6.07 Å². The van der Waals surface area contributed by atoms with Gasteiger partial charge in [0.2, 0.25) is 0 Å². The highest BCUT2D eigenvalue weighted by Gasteiger charge is 2.06. The van der Waals surface area contributed by atoms with E-state index in [0.29, 0.717) is 5.39 Å². The summed E-state index contributed by atoms with van der Waals surface area (Å²) in [7, 11) is 0. The third-order valence-corrected chi connectivity index (χ3v) is 4.30. The third kappa shape index (κ3) is 2.63. The number of nitrogens with one attached hydrogen (secondary N) is 1. The molecule has 3 aromatic carbocycles. The molecule has 24 heavy (non-hydrogen) atoms. The minimum atomic E-state index is 0.0385. The highest BCUT2D eigenvalue weighted by Crippen LogP contribution is 2.24. The highest BCUT2D eigenvalue weighted by molar-refractivity contribution is 5.86. The fourth-order valence-corrected chi connectivity index (χ4v) is 2.95. The summed E-state index contributed by atoms with van der Waals surface area (Å²) in [6.07, 6.45) is 0. The van der Waals surface area contributed by atoms with Gasteiger partial charge >= 0.3 is 0 Å². The van der Waals surface area contributed by atoms with Gasteiger partial charge in [0.05, 0.1) is 0 Å². The molecular weight excluding hydrogens is 294 g/mol. The normalized spacial score (nSPS) is 10.9. The van der Waals surface area contributed by atoms with Gasteiger partial charge in [0.25, 0.3) is 0 Å². The Balaban J connectivity index is 1.85. The van der Waals surface area contributed by atoms with E-state index < -0.39 is 0 Å². The second kappa shape index (κ2) is 5.82. The summed E-state index contributed by atoms with van der Waals surface area (Å²) in [5.41, 5.74) is 6.16. The maximum atomic E-state index is 12.6. The molecule has 0 fully saturated rings. The monoisotopic (exact) mass is 311 g/mol. The second-order valence-corrected chi connectivity index (χ2v) is 6.04. The molecule has 0 radical (unpaired) electrons. The number of H-pyrrole nitrogens is 1. The number of benzene rings is 3. The Labute approximate surface area is 140 Å². The number of aromatic nitrogens is 1. The topological polar surface area (TPSA) is 32.9 Å². The number of hydrogen-bond acceptors (Lipinski definition) is 1. The van der Waals surface area contributed by atoms with Crippen LogP contribution in [0.2, 0.25) is 0 Å². The maximum absolute atomic E-state index is 12.6. The van der Waals surface area contributed by atoms with E-state index in [9.17, 15) is 4.79 Å².